The summed E-state index contributed by atoms with van der Waals surface area (Å²) in [6, 6.07) is 10.4. The standard InChI is InChI=1S/C17H17N3O3/c1-23-17-14(6-3-9-18-17)16(22)20-13-5-2-4-11(10-13)15(21)19-12-7-8-12/h2-6,9-10,12H,7-8H2,1H3,(H,19,21)(H,20,22). The number of carbonyl (C=O) groups is 2. The molecule has 3 rings (SSSR count). The average Bonchev–Trinajstić information content (AvgIpc) is 3.39. The van der Waals surface area contributed by atoms with E-state index in [1.54, 1.807) is 42.6 Å². The van der Waals surface area contributed by atoms with Crippen molar-refractivity contribution >= 4 is 17.5 Å². The normalized spacial score (nSPS) is 13.3. The van der Waals surface area contributed by atoms with Crippen molar-refractivity contribution in [3.63, 3.8) is 0 Å². The fourth-order valence-corrected chi connectivity index (χ4v) is 2.16. The topological polar surface area (TPSA) is 80.3 Å². The van der Waals surface area contributed by atoms with Gasteiger partial charge in [0.05, 0.1) is 7.11 Å². The Kier molecular flexibility index (Phi) is 4.23. The van der Waals surface area contributed by atoms with Crippen LogP contribution in [0.15, 0.2) is 42.6 Å². The van der Waals surface area contributed by atoms with Crippen LogP contribution in [0.2, 0.25) is 0 Å². The van der Waals surface area contributed by atoms with Crippen LogP contribution in [0.3, 0.4) is 0 Å². The number of hydrogen-bond donors (Lipinski definition) is 2. The Balaban J connectivity index is 1.74. The summed E-state index contributed by atoms with van der Waals surface area (Å²) in [6.07, 6.45) is 3.62. The summed E-state index contributed by atoms with van der Waals surface area (Å²) < 4.78 is 5.08. The van der Waals surface area contributed by atoms with E-state index in [2.05, 4.69) is 15.6 Å². The molecule has 23 heavy (non-hydrogen) atoms. The molecule has 1 aliphatic rings. The van der Waals surface area contributed by atoms with Crippen LogP contribution in [-0.4, -0.2) is 29.9 Å². The fourth-order valence-electron chi connectivity index (χ4n) is 2.16. The molecule has 1 aromatic heterocycles. The number of carbonyl (C=O) groups excluding carboxylic acids is 2. The number of rotatable bonds is 5. The number of amides is 2. The Labute approximate surface area is 133 Å². The molecule has 0 aliphatic heterocycles. The molecule has 6 nitrogen and oxygen atoms in total. The predicted octanol–water partition coefficient (Wildman–Crippen LogP) is 2.23. The van der Waals surface area contributed by atoms with E-state index >= 15 is 0 Å². The lowest BCUT2D eigenvalue weighted by molar-refractivity contribution is 0.0949. The Morgan fingerprint density at radius 3 is 2.74 bits per heavy atom. The van der Waals surface area contributed by atoms with Crippen molar-refractivity contribution in [2.75, 3.05) is 12.4 Å². The Morgan fingerprint density at radius 2 is 2.00 bits per heavy atom. The van der Waals surface area contributed by atoms with Crippen molar-refractivity contribution in [2.24, 2.45) is 0 Å². The lowest BCUT2D eigenvalue weighted by atomic mass is 10.1. The average molecular weight is 311 g/mol. The zero-order valence-corrected chi connectivity index (χ0v) is 12.7. The largest absolute Gasteiger partial charge is 0.480 e. The van der Waals surface area contributed by atoms with Gasteiger partial charge in [-0.25, -0.2) is 4.98 Å². The maximum Gasteiger partial charge on any atom is 0.261 e. The molecule has 0 unspecified atom stereocenters. The quantitative estimate of drug-likeness (QED) is 0.887. The van der Waals surface area contributed by atoms with Crippen LogP contribution in [0.25, 0.3) is 0 Å². The second-order valence-corrected chi connectivity index (χ2v) is 5.34. The molecule has 1 saturated carbocycles. The molecule has 2 aromatic rings. The monoisotopic (exact) mass is 311 g/mol. The van der Waals surface area contributed by atoms with Crippen LogP contribution >= 0.6 is 0 Å². The SMILES string of the molecule is COc1ncccc1C(=O)Nc1cccc(C(=O)NC2CC2)c1. The fraction of sp³-hybridized carbons (Fsp3) is 0.235. The highest BCUT2D eigenvalue weighted by Gasteiger charge is 2.23. The first kappa shape index (κ1) is 15.0. The van der Waals surface area contributed by atoms with Gasteiger partial charge in [-0.3, -0.25) is 9.59 Å². The van der Waals surface area contributed by atoms with Crippen molar-refractivity contribution in [3.05, 3.63) is 53.7 Å². The Bertz CT molecular complexity index is 741. The molecule has 1 aliphatic carbocycles. The lowest BCUT2D eigenvalue weighted by Gasteiger charge is -2.09. The van der Waals surface area contributed by atoms with Gasteiger partial charge in [-0.2, -0.15) is 0 Å². The maximum atomic E-state index is 12.3. The third kappa shape index (κ3) is 3.66. The summed E-state index contributed by atoms with van der Waals surface area (Å²) in [4.78, 5) is 28.4. The number of pyridine rings is 1. The van der Waals surface area contributed by atoms with Gasteiger partial charge in [-0.1, -0.05) is 6.07 Å². The molecule has 0 saturated heterocycles. The van der Waals surface area contributed by atoms with Gasteiger partial charge in [0.2, 0.25) is 5.88 Å². The molecule has 1 heterocycles. The summed E-state index contributed by atoms with van der Waals surface area (Å²) in [5, 5.41) is 5.68. The zero-order chi connectivity index (χ0) is 16.2. The van der Waals surface area contributed by atoms with Gasteiger partial charge in [0, 0.05) is 23.5 Å². The summed E-state index contributed by atoms with van der Waals surface area (Å²) >= 11 is 0. The number of nitrogens with one attached hydrogen (secondary N) is 2. The van der Waals surface area contributed by atoms with E-state index in [4.69, 9.17) is 4.74 Å². The molecule has 118 valence electrons. The molecule has 0 bridgehead atoms. The molecule has 1 fully saturated rings. The van der Waals surface area contributed by atoms with Crippen molar-refractivity contribution in [2.45, 2.75) is 18.9 Å². The molecule has 6 heteroatoms. The molecule has 0 radical (unpaired) electrons. The van der Waals surface area contributed by atoms with Gasteiger partial charge in [0.15, 0.2) is 0 Å². The third-order valence-corrected chi connectivity index (χ3v) is 3.50. The first-order valence-corrected chi connectivity index (χ1v) is 7.38. The number of aromatic nitrogens is 1. The van der Waals surface area contributed by atoms with Gasteiger partial charge in [-0.05, 0) is 43.2 Å². The molecule has 2 amide bonds. The highest BCUT2D eigenvalue weighted by molar-refractivity contribution is 6.06. The maximum absolute atomic E-state index is 12.3. The number of benzene rings is 1. The molecular formula is C17H17N3O3. The van der Waals surface area contributed by atoms with Gasteiger partial charge < -0.3 is 15.4 Å². The number of ether oxygens (including phenoxy) is 1. The first-order valence-electron chi connectivity index (χ1n) is 7.38. The predicted molar refractivity (Wildman–Crippen MR) is 85.7 cm³/mol. The van der Waals surface area contributed by atoms with Crippen molar-refractivity contribution < 1.29 is 14.3 Å². The minimum Gasteiger partial charge on any atom is -0.480 e. The van der Waals surface area contributed by atoms with Crippen LogP contribution in [0.4, 0.5) is 5.69 Å². The van der Waals surface area contributed by atoms with E-state index in [-0.39, 0.29) is 17.7 Å². The van der Waals surface area contributed by atoms with E-state index in [1.165, 1.54) is 7.11 Å². The molecule has 0 atom stereocenters. The Morgan fingerprint density at radius 1 is 1.17 bits per heavy atom. The summed E-state index contributed by atoms with van der Waals surface area (Å²) in [5.74, 6) is -0.204. The zero-order valence-electron chi connectivity index (χ0n) is 12.7. The number of anilines is 1. The van der Waals surface area contributed by atoms with Gasteiger partial charge >= 0.3 is 0 Å². The molecular weight excluding hydrogens is 294 g/mol. The van der Waals surface area contributed by atoms with Gasteiger partial charge in [0.1, 0.15) is 5.56 Å². The van der Waals surface area contributed by atoms with Crippen molar-refractivity contribution in [1.82, 2.24) is 10.3 Å². The Hall–Kier alpha value is -2.89. The summed E-state index contributed by atoms with van der Waals surface area (Å²) in [6.45, 7) is 0. The van der Waals surface area contributed by atoms with E-state index in [0.717, 1.165) is 12.8 Å². The number of methoxy groups -OCH3 is 1. The van der Waals surface area contributed by atoms with Crippen molar-refractivity contribution in [3.8, 4) is 5.88 Å². The van der Waals surface area contributed by atoms with Crippen molar-refractivity contribution in [1.29, 1.82) is 0 Å². The first-order chi connectivity index (χ1) is 11.2. The van der Waals surface area contributed by atoms with Gasteiger partial charge in [-0.15, -0.1) is 0 Å². The van der Waals surface area contributed by atoms with Crippen LogP contribution in [0, 0.1) is 0 Å². The van der Waals surface area contributed by atoms with E-state index in [9.17, 15) is 9.59 Å². The summed E-state index contributed by atoms with van der Waals surface area (Å²) in [5.41, 5.74) is 1.40. The molecule has 2 N–H and O–H groups in total. The second kappa shape index (κ2) is 6.48. The summed E-state index contributed by atoms with van der Waals surface area (Å²) in [7, 11) is 1.46. The number of nitrogens with zero attached hydrogens (tertiary/aromatic N) is 1. The van der Waals surface area contributed by atoms with Crippen LogP contribution in [0.5, 0.6) is 5.88 Å². The second-order valence-electron chi connectivity index (χ2n) is 5.34. The molecule has 0 spiro atoms. The lowest BCUT2D eigenvalue weighted by Crippen LogP contribution is -2.25. The number of hydrogen-bond acceptors (Lipinski definition) is 4. The van der Waals surface area contributed by atoms with E-state index < -0.39 is 0 Å². The van der Waals surface area contributed by atoms with Gasteiger partial charge in [0.25, 0.3) is 11.8 Å². The third-order valence-electron chi connectivity index (χ3n) is 3.50. The van der Waals surface area contributed by atoms with E-state index in [1.807, 2.05) is 0 Å². The highest BCUT2D eigenvalue weighted by atomic mass is 16.5. The van der Waals surface area contributed by atoms with Crippen LogP contribution < -0.4 is 15.4 Å². The smallest absolute Gasteiger partial charge is 0.261 e. The molecule has 1 aromatic carbocycles. The van der Waals surface area contributed by atoms with E-state index in [0.29, 0.717) is 22.9 Å². The minimum atomic E-state index is -0.338. The highest BCUT2D eigenvalue weighted by Crippen LogP contribution is 2.20. The van der Waals surface area contributed by atoms with Crippen LogP contribution in [-0.2, 0) is 0 Å². The van der Waals surface area contributed by atoms with Crippen LogP contribution in [0.1, 0.15) is 33.6 Å². The minimum absolute atomic E-state index is 0.123.